The molecule has 1 fully saturated rings. The average molecular weight is 290 g/mol. The number of nitrogens with one attached hydrogen (secondary N) is 1. The van der Waals surface area contributed by atoms with Crippen molar-refractivity contribution in [3.8, 4) is 5.75 Å². The molecule has 1 aliphatic heterocycles. The van der Waals surface area contributed by atoms with Crippen LogP contribution in [0.5, 0.6) is 5.75 Å². The summed E-state index contributed by atoms with van der Waals surface area (Å²) < 4.78 is 5.38. The van der Waals surface area contributed by atoms with E-state index >= 15 is 0 Å². The van der Waals surface area contributed by atoms with Crippen molar-refractivity contribution in [3.63, 3.8) is 0 Å². The Morgan fingerprint density at radius 3 is 2.62 bits per heavy atom. The average Bonchev–Trinajstić information content (AvgIpc) is 2.80. The van der Waals surface area contributed by atoms with Gasteiger partial charge in [0.1, 0.15) is 5.75 Å². The van der Waals surface area contributed by atoms with E-state index in [0.29, 0.717) is 6.04 Å². The van der Waals surface area contributed by atoms with Crippen molar-refractivity contribution in [2.45, 2.75) is 45.1 Å². The summed E-state index contributed by atoms with van der Waals surface area (Å²) in [5.74, 6) is 0.951. The lowest BCUT2D eigenvalue weighted by molar-refractivity contribution is 0.251. The lowest BCUT2D eigenvalue weighted by Gasteiger charge is -2.27. The Kier molecular flexibility index (Phi) is 7.04. The normalized spacial score (nSPS) is 18.2. The molecule has 3 heteroatoms. The molecule has 2 rings (SSSR count). The molecule has 1 unspecified atom stereocenters. The SMILES string of the molecule is CCCNC(CN1CCCCCC1)c1cccc(OC)c1. The van der Waals surface area contributed by atoms with Crippen LogP contribution in [0.4, 0.5) is 0 Å². The highest BCUT2D eigenvalue weighted by Crippen LogP contribution is 2.21. The van der Waals surface area contributed by atoms with Crippen LogP contribution in [0.3, 0.4) is 0 Å². The summed E-state index contributed by atoms with van der Waals surface area (Å²) in [4.78, 5) is 2.62. The fraction of sp³-hybridized carbons (Fsp3) is 0.667. The van der Waals surface area contributed by atoms with Crippen LogP contribution in [0.25, 0.3) is 0 Å². The van der Waals surface area contributed by atoms with Crippen LogP contribution in [0.1, 0.15) is 50.6 Å². The van der Waals surface area contributed by atoms with E-state index in [1.54, 1.807) is 7.11 Å². The van der Waals surface area contributed by atoms with Crippen LogP contribution >= 0.6 is 0 Å². The summed E-state index contributed by atoms with van der Waals surface area (Å²) in [5.41, 5.74) is 1.34. The number of hydrogen-bond acceptors (Lipinski definition) is 3. The molecule has 0 aromatic heterocycles. The third-order valence-electron chi connectivity index (χ3n) is 4.28. The zero-order valence-corrected chi connectivity index (χ0v) is 13.6. The monoisotopic (exact) mass is 290 g/mol. The van der Waals surface area contributed by atoms with Crippen LogP contribution in [-0.2, 0) is 0 Å². The molecule has 0 spiro atoms. The quantitative estimate of drug-likeness (QED) is 0.830. The topological polar surface area (TPSA) is 24.5 Å². The van der Waals surface area contributed by atoms with E-state index in [0.717, 1.165) is 18.8 Å². The summed E-state index contributed by atoms with van der Waals surface area (Å²) in [5, 5.41) is 3.71. The fourth-order valence-corrected chi connectivity index (χ4v) is 3.04. The van der Waals surface area contributed by atoms with Gasteiger partial charge in [-0.2, -0.15) is 0 Å². The standard InChI is InChI=1S/C18H30N2O/c1-3-11-19-18(15-20-12-6-4-5-7-13-20)16-9-8-10-17(14-16)21-2/h8-10,14,18-19H,3-7,11-13,15H2,1-2H3. The van der Waals surface area contributed by atoms with Crippen molar-refractivity contribution in [3.05, 3.63) is 29.8 Å². The largest absolute Gasteiger partial charge is 0.497 e. The van der Waals surface area contributed by atoms with Crippen molar-refractivity contribution in [2.75, 3.05) is 33.3 Å². The summed E-state index contributed by atoms with van der Waals surface area (Å²) in [7, 11) is 1.74. The third kappa shape index (κ3) is 5.33. The van der Waals surface area contributed by atoms with Crippen LogP contribution in [-0.4, -0.2) is 38.2 Å². The number of rotatable bonds is 7. The van der Waals surface area contributed by atoms with Crippen LogP contribution < -0.4 is 10.1 Å². The Hall–Kier alpha value is -1.06. The Morgan fingerprint density at radius 1 is 1.19 bits per heavy atom. The van der Waals surface area contributed by atoms with E-state index in [2.05, 4.69) is 35.3 Å². The smallest absolute Gasteiger partial charge is 0.119 e. The molecule has 1 aromatic carbocycles. The molecule has 0 amide bonds. The van der Waals surface area contributed by atoms with Gasteiger partial charge in [-0.25, -0.2) is 0 Å². The minimum atomic E-state index is 0.401. The predicted octanol–water partition coefficient (Wildman–Crippen LogP) is 3.61. The van der Waals surface area contributed by atoms with Crippen molar-refractivity contribution in [2.24, 2.45) is 0 Å². The second-order valence-corrected chi connectivity index (χ2v) is 6.00. The first-order chi connectivity index (χ1) is 10.3. The first-order valence-corrected chi connectivity index (χ1v) is 8.43. The lowest BCUT2D eigenvalue weighted by Crippen LogP contribution is -2.36. The van der Waals surface area contributed by atoms with Gasteiger partial charge in [0.25, 0.3) is 0 Å². The zero-order valence-electron chi connectivity index (χ0n) is 13.6. The van der Waals surface area contributed by atoms with Gasteiger partial charge in [0.15, 0.2) is 0 Å². The van der Waals surface area contributed by atoms with Gasteiger partial charge in [-0.3, -0.25) is 0 Å². The molecular formula is C18H30N2O. The molecule has 0 saturated carbocycles. The van der Waals surface area contributed by atoms with Gasteiger partial charge in [-0.1, -0.05) is 31.9 Å². The van der Waals surface area contributed by atoms with E-state index in [1.165, 1.54) is 50.8 Å². The van der Waals surface area contributed by atoms with Crippen molar-refractivity contribution in [1.82, 2.24) is 10.2 Å². The molecule has 1 saturated heterocycles. The van der Waals surface area contributed by atoms with E-state index in [9.17, 15) is 0 Å². The molecule has 1 aliphatic rings. The van der Waals surface area contributed by atoms with Crippen molar-refractivity contribution >= 4 is 0 Å². The molecule has 118 valence electrons. The van der Waals surface area contributed by atoms with Gasteiger partial charge in [0.05, 0.1) is 7.11 Å². The van der Waals surface area contributed by atoms with Crippen LogP contribution in [0, 0.1) is 0 Å². The maximum absolute atomic E-state index is 5.38. The Bertz CT molecular complexity index is 400. The highest BCUT2D eigenvalue weighted by molar-refractivity contribution is 5.30. The number of ether oxygens (including phenoxy) is 1. The summed E-state index contributed by atoms with van der Waals surface area (Å²) >= 11 is 0. The molecule has 1 aromatic rings. The first-order valence-electron chi connectivity index (χ1n) is 8.43. The Labute approximate surface area is 129 Å². The molecule has 1 N–H and O–H groups in total. The van der Waals surface area contributed by atoms with Gasteiger partial charge < -0.3 is 15.0 Å². The van der Waals surface area contributed by atoms with Crippen molar-refractivity contribution < 1.29 is 4.74 Å². The second-order valence-electron chi connectivity index (χ2n) is 6.00. The number of benzene rings is 1. The molecule has 1 atom stereocenters. The van der Waals surface area contributed by atoms with E-state index in [-0.39, 0.29) is 0 Å². The molecule has 0 bridgehead atoms. The van der Waals surface area contributed by atoms with Gasteiger partial charge in [-0.15, -0.1) is 0 Å². The maximum atomic E-state index is 5.38. The Balaban J connectivity index is 2.04. The summed E-state index contributed by atoms with van der Waals surface area (Å²) in [6.45, 7) is 6.88. The van der Waals surface area contributed by atoms with Gasteiger partial charge >= 0.3 is 0 Å². The summed E-state index contributed by atoms with van der Waals surface area (Å²) in [6, 6.07) is 8.90. The zero-order chi connectivity index (χ0) is 14.9. The van der Waals surface area contributed by atoms with Gasteiger partial charge in [0, 0.05) is 12.6 Å². The van der Waals surface area contributed by atoms with Gasteiger partial charge in [-0.05, 0) is 56.6 Å². The molecule has 21 heavy (non-hydrogen) atoms. The maximum Gasteiger partial charge on any atom is 0.119 e. The molecule has 0 aliphatic carbocycles. The molecule has 1 heterocycles. The summed E-state index contributed by atoms with van der Waals surface area (Å²) in [6.07, 6.45) is 6.64. The van der Waals surface area contributed by atoms with Crippen LogP contribution in [0.2, 0.25) is 0 Å². The number of nitrogens with zero attached hydrogens (tertiary/aromatic N) is 1. The van der Waals surface area contributed by atoms with Gasteiger partial charge in [0.2, 0.25) is 0 Å². The fourth-order valence-electron chi connectivity index (χ4n) is 3.04. The van der Waals surface area contributed by atoms with Crippen molar-refractivity contribution in [1.29, 1.82) is 0 Å². The highest BCUT2D eigenvalue weighted by atomic mass is 16.5. The second kappa shape index (κ2) is 9.06. The minimum absolute atomic E-state index is 0.401. The van der Waals surface area contributed by atoms with E-state index in [1.807, 2.05) is 6.07 Å². The van der Waals surface area contributed by atoms with E-state index in [4.69, 9.17) is 4.74 Å². The molecular weight excluding hydrogens is 260 g/mol. The predicted molar refractivity (Wildman–Crippen MR) is 88.9 cm³/mol. The molecule has 3 nitrogen and oxygen atoms in total. The van der Waals surface area contributed by atoms with E-state index < -0.39 is 0 Å². The molecule has 0 radical (unpaired) electrons. The number of likely N-dealkylation sites (tertiary alicyclic amines) is 1. The van der Waals surface area contributed by atoms with Crippen LogP contribution in [0.15, 0.2) is 24.3 Å². The minimum Gasteiger partial charge on any atom is -0.497 e. The number of methoxy groups -OCH3 is 1. The highest BCUT2D eigenvalue weighted by Gasteiger charge is 2.17. The first kappa shape index (κ1) is 16.3. The Morgan fingerprint density at radius 2 is 1.95 bits per heavy atom. The third-order valence-corrected chi connectivity index (χ3v) is 4.28. The lowest BCUT2D eigenvalue weighted by atomic mass is 10.1. The number of hydrogen-bond donors (Lipinski definition) is 1.